The lowest BCUT2D eigenvalue weighted by Crippen LogP contribution is -2.13. The van der Waals surface area contributed by atoms with E-state index in [1.165, 1.54) is 12.1 Å². The lowest BCUT2D eigenvalue weighted by atomic mass is 10.2. The molecule has 0 aliphatic rings. The maximum Gasteiger partial charge on any atom is 0.304 e. The van der Waals surface area contributed by atoms with E-state index in [9.17, 15) is 23.3 Å². The highest BCUT2D eigenvalue weighted by molar-refractivity contribution is 7.90. The molecule has 0 bridgehead atoms. The molecule has 0 fully saturated rings. The van der Waals surface area contributed by atoms with Crippen LogP contribution < -0.4 is 0 Å². The molecule has 1 aromatic carbocycles. The van der Waals surface area contributed by atoms with Crippen molar-refractivity contribution in [3.63, 3.8) is 0 Å². The van der Waals surface area contributed by atoms with Crippen LogP contribution in [0.15, 0.2) is 18.2 Å². The van der Waals surface area contributed by atoms with E-state index in [1.54, 1.807) is 0 Å². The van der Waals surface area contributed by atoms with Crippen LogP contribution in [-0.2, 0) is 20.4 Å². The molecule has 1 aromatic rings. The molecular weight excluding hydrogens is 298 g/mol. The smallest absolute Gasteiger partial charge is 0.304 e. The molecule has 0 aliphatic heterocycles. The average molecular weight is 308 g/mol. The van der Waals surface area contributed by atoms with Crippen molar-refractivity contribution >= 4 is 33.1 Å². The van der Waals surface area contributed by atoms with Crippen LogP contribution in [0.3, 0.4) is 0 Å². The van der Waals surface area contributed by atoms with E-state index in [2.05, 4.69) is 0 Å². The molecule has 0 aliphatic carbocycles. The number of benzene rings is 1. The first kappa shape index (κ1) is 15.4. The fourth-order valence-corrected chi connectivity index (χ4v) is 2.93. The molecule has 7 nitrogen and oxygen atoms in total. The van der Waals surface area contributed by atoms with Gasteiger partial charge in [-0.3, -0.25) is 14.9 Å². The van der Waals surface area contributed by atoms with Crippen molar-refractivity contribution in [1.29, 1.82) is 0 Å². The second kappa shape index (κ2) is 5.98. The molecule has 19 heavy (non-hydrogen) atoms. The van der Waals surface area contributed by atoms with E-state index in [4.69, 9.17) is 16.7 Å². The first-order valence-corrected chi connectivity index (χ1v) is 7.26. The first-order chi connectivity index (χ1) is 8.71. The number of nitro groups is 1. The summed E-state index contributed by atoms with van der Waals surface area (Å²) in [5.41, 5.74) is -0.411. The number of halogens is 1. The maximum atomic E-state index is 11.7. The molecule has 0 atom stereocenters. The molecule has 0 saturated carbocycles. The van der Waals surface area contributed by atoms with Crippen LogP contribution in [0.1, 0.15) is 12.0 Å². The quantitative estimate of drug-likeness (QED) is 0.631. The molecular formula is C10H10ClNO6S. The molecule has 0 saturated heterocycles. The maximum absolute atomic E-state index is 11.7. The van der Waals surface area contributed by atoms with E-state index in [0.717, 1.165) is 6.07 Å². The van der Waals surface area contributed by atoms with Gasteiger partial charge in [0.05, 0.1) is 22.8 Å². The van der Waals surface area contributed by atoms with Crippen LogP contribution in [0, 0.1) is 10.1 Å². The summed E-state index contributed by atoms with van der Waals surface area (Å²) in [6.45, 7) is 0. The second-order valence-corrected chi connectivity index (χ2v) is 6.39. The Labute approximate surface area is 113 Å². The van der Waals surface area contributed by atoms with Gasteiger partial charge in [-0.15, -0.1) is 0 Å². The second-order valence-electron chi connectivity index (χ2n) is 3.77. The van der Waals surface area contributed by atoms with Gasteiger partial charge in [-0.05, 0) is 12.1 Å². The topological polar surface area (TPSA) is 115 Å². The molecule has 0 heterocycles. The Morgan fingerprint density at radius 3 is 2.58 bits per heavy atom. The number of sulfone groups is 1. The van der Waals surface area contributed by atoms with Crippen LogP contribution in [0.25, 0.3) is 0 Å². The lowest BCUT2D eigenvalue weighted by molar-refractivity contribution is -0.385. The van der Waals surface area contributed by atoms with Crippen LogP contribution in [0.5, 0.6) is 0 Å². The first-order valence-electron chi connectivity index (χ1n) is 5.06. The Balaban J connectivity index is 3.01. The van der Waals surface area contributed by atoms with E-state index < -0.39 is 38.7 Å². The molecule has 0 amide bonds. The third-order valence-corrected chi connectivity index (χ3v) is 4.05. The van der Waals surface area contributed by atoms with E-state index in [1.807, 2.05) is 0 Å². The summed E-state index contributed by atoms with van der Waals surface area (Å²) in [4.78, 5) is 20.4. The van der Waals surface area contributed by atoms with Crippen LogP contribution >= 0.6 is 11.6 Å². The van der Waals surface area contributed by atoms with Gasteiger partial charge in [0.2, 0.25) is 0 Å². The summed E-state index contributed by atoms with van der Waals surface area (Å²) in [5, 5.41) is 19.4. The monoisotopic (exact) mass is 307 g/mol. The predicted octanol–water partition coefficient (Wildman–Crippen LogP) is 1.64. The van der Waals surface area contributed by atoms with Gasteiger partial charge in [-0.2, -0.15) is 0 Å². The van der Waals surface area contributed by atoms with Gasteiger partial charge >= 0.3 is 5.97 Å². The van der Waals surface area contributed by atoms with Crippen molar-refractivity contribution in [1.82, 2.24) is 0 Å². The van der Waals surface area contributed by atoms with Gasteiger partial charge in [0.1, 0.15) is 0 Å². The number of rotatable bonds is 6. The fourth-order valence-electron chi connectivity index (χ4n) is 1.40. The molecule has 1 N–H and O–H groups in total. The highest BCUT2D eigenvalue weighted by Crippen LogP contribution is 2.24. The number of hydrogen-bond donors (Lipinski definition) is 1. The molecule has 0 spiro atoms. The standard InChI is InChI=1S/C10H10ClNO6S/c11-8-1-2-9(12(15)16)7(5-8)6-19(17,18)4-3-10(13)14/h1-2,5H,3-4,6H2,(H,13,14). The Morgan fingerprint density at radius 1 is 1.42 bits per heavy atom. The number of carboxylic acids is 1. The van der Waals surface area contributed by atoms with Gasteiger partial charge in [0, 0.05) is 16.7 Å². The largest absolute Gasteiger partial charge is 0.481 e. The molecule has 104 valence electrons. The Morgan fingerprint density at radius 2 is 2.05 bits per heavy atom. The third kappa shape index (κ3) is 4.84. The number of carboxylic acid groups (broad SMARTS) is 1. The van der Waals surface area contributed by atoms with Crippen molar-refractivity contribution in [3.8, 4) is 0 Å². The predicted molar refractivity (Wildman–Crippen MR) is 67.9 cm³/mol. The number of nitrogens with zero attached hydrogens (tertiary/aromatic N) is 1. The average Bonchev–Trinajstić information content (AvgIpc) is 2.25. The highest BCUT2D eigenvalue weighted by Gasteiger charge is 2.21. The summed E-state index contributed by atoms with van der Waals surface area (Å²) < 4.78 is 23.3. The van der Waals surface area contributed by atoms with Crippen molar-refractivity contribution < 1.29 is 23.2 Å². The zero-order chi connectivity index (χ0) is 14.6. The SMILES string of the molecule is O=C(O)CCS(=O)(=O)Cc1cc(Cl)ccc1[N+](=O)[O-]. The van der Waals surface area contributed by atoms with Crippen molar-refractivity contribution in [3.05, 3.63) is 38.9 Å². The normalized spacial score (nSPS) is 11.2. The molecule has 9 heteroatoms. The van der Waals surface area contributed by atoms with Crippen LogP contribution in [0.2, 0.25) is 5.02 Å². The lowest BCUT2D eigenvalue weighted by Gasteiger charge is -2.04. The van der Waals surface area contributed by atoms with Crippen LogP contribution in [0.4, 0.5) is 5.69 Å². The molecule has 0 aromatic heterocycles. The van der Waals surface area contributed by atoms with Gasteiger partial charge in [-0.25, -0.2) is 8.42 Å². The zero-order valence-electron chi connectivity index (χ0n) is 9.58. The Kier molecular flexibility index (Phi) is 4.84. The summed E-state index contributed by atoms with van der Waals surface area (Å²) in [6.07, 6.45) is -0.545. The summed E-state index contributed by atoms with van der Waals surface area (Å²) >= 11 is 5.67. The summed E-state index contributed by atoms with van der Waals surface area (Å²) in [7, 11) is -3.75. The Bertz CT molecular complexity index is 612. The minimum absolute atomic E-state index is 0.0529. The van der Waals surface area contributed by atoms with E-state index >= 15 is 0 Å². The van der Waals surface area contributed by atoms with E-state index in [0.29, 0.717) is 0 Å². The molecule has 1 rings (SSSR count). The van der Waals surface area contributed by atoms with Crippen molar-refractivity contribution in [2.45, 2.75) is 12.2 Å². The van der Waals surface area contributed by atoms with Gasteiger partial charge in [0.15, 0.2) is 9.84 Å². The van der Waals surface area contributed by atoms with Crippen molar-refractivity contribution in [2.75, 3.05) is 5.75 Å². The zero-order valence-corrected chi connectivity index (χ0v) is 11.1. The molecule has 0 unspecified atom stereocenters. The van der Waals surface area contributed by atoms with Crippen molar-refractivity contribution in [2.24, 2.45) is 0 Å². The highest BCUT2D eigenvalue weighted by atomic mass is 35.5. The third-order valence-electron chi connectivity index (χ3n) is 2.24. The van der Waals surface area contributed by atoms with Gasteiger partial charge in [-0.1, -0.05) is 11.6 Å². The summed E-state index contributed by atoms with van der Waals surface area (Å²) in [6, 6.07) is 3.59. The van der Waals surface area contributed by atoms with Crippen LogP contribution in [-0.4, -0.2) is 30.2 Å². The molecule has 0 radical (unpaired) electrons. The van der Waals surface area contributed by atoms with Gasteiger partial charge in [0.25, 0.3) is 5.69 Å². The van der Waals surface area contributed by atoms with E-state index in [-0.39, 0.29) is 16.3 Å². The summed E-state index contributed by atoms with van der Waals surface area (Å²) in [5.74, 6) is -2.44. The fraction of sp³-hybridized carbons (Fsp3) is 0.300. The Hall–Kier alpha value is -1.67. The number of carbonyl (C=O) groups is 1. The minimum Gasteiger partial charge on any atom is -0.481 e. The number of hydrogen-bond acceptors (Lipinski definition) is 5. The minimum atomic E-state index is -3.75. The number of nitro benzene ring substituents is 1. The van der Waals surface area contributed by atoms with Gasteiger partial charge < -0.3 is 5.11 Å². The number of aliphatic carboxylic acids is 1.